The zero-order valence-electron chi connectivity index (χ0n) is 7.68. The van der Waals surface area contributed by atoms with E-state index >= 15 is 0 Å². The van der Waals surface area contributed by atoms with E-state index in [1.54, 1.807) is 13.1 Å². The number of aliphatic imine (C=N–C) groups is 1. The van der Waals surface area contributed by atoms with Crippen LogP contribution in [0.5, 0.6) is 0 Å². The standard InChI is InChI=1S/C8H17N3/c1-8(2,3)6(9)5-7(10)11-4/h5H,9H2,1-4H3,(H2,10,11). The van der Waals surface area contributed by atoms with Gasteiger partial charge in [-0.25, -0.2) is 0 Å². The average Bonchev–Trinajstić information content (AvgIpc) is 1.85. The maximum atomic E-state index is 5.73. The summed E-state index contributed by atoms with van der Waals surface area (Å²) in [7, 11) is 1.64. The monoisotopic (exact) mass is 155 g/mol. The Balaban J connectivity index is 4.48. The fourth-order valence-electron chi connectivity index (χ4n) is 0.440. The summed E-state index contributed by atoms with van der Waals surface area (Å²) in [4.78, 5) is 3.78. The molecule has 0 rings (SSSR count). The Bertz CT molecular complexity index is 184. The van der Waals surface area contributed by atoms with E-state index in [-0.39, 0.29) is 5.41 Å². The van der Waals surface area contributed by atoms with Crippen LogP contribution in [0.25, 0.3) is 0 Å². The largest absolute Gasteiger partial charge is 0.401 e. The van der Waals surface area contributed by atoms with E-state index in [0.29, 0.717) is 5.84 Å². The molecule has 0 aliphatic carbocycles. The molecule has 0 unspecified atom stereocenters. The highest BCUT2D eigenvalue weighted by molar-refractivity contribution is 5.91. The number of nitrogens with zero attached hydrogens (tertiary/aromatic N) is 1. The van der Waals surface area contributed by atoms with E-state index in [9.17, 15) is 0 Å². The van der Waals surface area contributed by atoms with Gasteiger partial charge in [-0.05, 0) is 6.08 Å². The quantitative estimate of drug-likeness (QED) is 0.436. The lowest BCUT2D eigenvalue weighted by Gasteiger charge is -2.18. The summed E-state index contributed by atoms with van der Waals surface area (Å²) in [5.41, 5.74) is 11.9. The normalized spacial score (nSPS) is 15.3. The molecule has 0 heterocycles. The summed E-state index contributed by atoms with van der Waals surface area (Å²) >= 11 is 0. The van der Waals surface area contributed by atoms with Crippen LogP contribution in [-0.2, 0) is 0 Å². The van der Waals surface area contributed by atoms with E-state index in [4.69, 9.17) is 11.5 Å². The summed E-state index contributed by atoms with van der Waals surface area (Å²) in [5.74, 6) is 0.470. The van der Waals surface area contributed by atoms with Gasteiger partial charge in [-0.15, -0.1) is 0 Å². The van der Waals surface area contributed by atoms with Crippen molar-refractivity contribution in [2.24, 2.45) is 21.9 Å². The molecule has 0 aromatic heterocycles. The Morgan fingerprint density at radius 2 is 1.73 bits per heavy atom. The van der Waals surface area contributed by atoms with E-state index in [0.717, 1.165) is 5.70 Å². The van der Waals surface area contributed by atoms with Crippen molar-refractivity contribution < 1.29 is 0 Å². The van der Waals surface area contributed by atoms with E-state index < -0.39 is 0 Å². The second-order valence-corrected chi connectivity index (χ2v) is 3.50. The lowest BCUT2D eigenvalue weighted by Crippen LogP contribution is -2.20. The third-order valence-electron chi connectivity index (χ3n) is 1.43. The summed E-state index contributed by atoms with van der Waals surface area (Å²) in [6.07, 6.45) is 1.69. The van der Waals surface area contributed by atoms with Gasteiger partial charge in [0.15, 0.2) is 0 Å². The van der Waals surface area contributed by atoms with Crippen LogP contribution in [0.15, 0.2) is 16.8 Å². The molecular formula is C8H17N3. The van der Waals surface area contributed by atoms with Crippen LogP contribution in [0.2, 0.25) is 0 Å². The summed E-state index contributed by atoms with van der Waals surface area (Å²) < 4.78 is 0. The molecule has 0 saturated heterocycles. The van der Waals surface area contributed by atoms with Crippen molar-refractivity contribution in [3.8, 4) is 0 Å². The molecule has 0 radical (unpaired) electrons. The molecule has 4 N–H and O–H groups in total. The Morgan fingerprint density at radius 1 is 1.27 bits per heavy atom. The molecule has 3 heteroatoms. The van der Waals surface area contributed by atoms with Crippen LogP contribution in [0.4, 0.5) is 0 Å². The van der Waals surface area contributed by atoms with Gasteiger partial charge in [0, 0.05) is 18.2 Å². The molecule has 0 spiro atoms. The fourth-order valence-corrected chi connectivity index (χ4v) is 0.440. The van der Waals surface area contributed by atoms with E-state index in [2.05, 4.69) is 4.99 Å². The number of amidine groups is 1. The lowest BCUT2D eigenvalue weighted by molar-refractivity contribution is 0.498. The van der Waals surface area contributed by atoms with Crippen molar-refractivity contribution in [1.82, 2.24) is 0 Å². The highest BCUT2D eigenvalue weighted by Gasteiger charge is 2.13. The summed E-state index contributed by atoms with van der Waals surface area (Å²) in [6.45, 7) is 6.09. The molecule has 0 fully saturated rings. The second-order valence-electron chi connectivity index (χ2n) is 3.50. The molecule has 3 nitrogen and oxygen atoms in total. The Labute approximate surface area is 68.2 Å². The number of rotatable bonds is 1. The minimum atomic E-state index is -0.0324. The van der Waals surface area contributed by atoms with Crippen LogP contribution >= 0.6 is 0 Å². The van der Waals surface area contributed by atoms with Crippen LogP contribution in [0.1, 0.15) is 20.8 Å². The van der Waals surface area contributed by atoms with Crippen molar-refractivity contribution in [2.75, 3.05) is 7.05 Å². The molecule has 0 saturated carbocycles. The third kappa shape index (κ3) is 3.65. The van der Waals surface area contributed by atoms with Gasteiger partial charge < -0.3 is 11.5 Å². The molecule has 0 aliphatic rings. The van der Waals surface area contributed by atoms with Crippen LogP contribution < -0.4 is 11.5 Å². The topological polar surface area (TPSA) is 64.4 Å². The minimum Gasteiger partial charge on any atom is -0.401 e. The Morgan fingerprint density at radius 3 is 2.00 bits per heavy atom. The highest BCUT2D eigenvalue weighted by atomic mass is 14.8. The first kappa shape index (κ1) is 10.0. The third-order valence-corrected chi connectivity index (χ3v) is 1.43. The number of allylic oxidation sites excluding steroid dienone is 1. The highest BCUT2D eigenvalue weighted by Crippen LogP contribution is 2.19. The maximum absolute atomic E-state index is 5.73. The van der Waals surface area contributed by atoms with Crippen LogP contribution in [0.3, 0.4) is 0 Å². The number of hydrogen-bond donors (Lipinski definition) is 2. The molecule has 0 aromatic carbocycles. The minimum absolute atomic E-state index is 0.0324. The lowest BCUT2D eigenvalue weighted by atomic mass is 9.92. The van der Waals surface area contributed by atoms with Gasteiger partial charge in [-0.1, -0.05) is 20.8 Å². The molecule has 0 aromatic rings. The van der Waals surface area contributed by atoms with Crippen molar-refractivity contribution in [2.45, 2.75) is 20.8 Å². The predicted molar refractivity (Wildman–Crippen MR) is 49.3 cm³/mol. The van der Waals surface area contributed by atoms with Gasteiger partial charge in [0.1, 0.15) is 5.84 Å². The zero-order chi connectivity index (χ0) is 9.07. The van der Waals surface area contributed by atoms with Crippen molar-refractivity contribution in [1.29, 1.82) is 0 Å². The molecule has 0 aliphatic heterocycles. The molecule has 11 heavy (non-hydrogen) atoms. The van der Waals surface area contributed by atoms with Gasteiger partial charge in [-0.2, -0.15) is 0 Å². The van der Waals surface area contributed by atoms with Gasteiger partial charge in [0.2, 0.25) is 0 Å². The first-order valence-electron chi connectivity index (χ1n) is 3.58. The van der Waals surface area contributed by atoms with Crippen molar-refractivity contribution in [3.05, 3.63) is 11.8 Å². The first-order valence-corrected chi connectivity index (χ1v) is 3.58. The second kappa shape index (κ2) is 3.42. The van der Waals surface area contributed by atoms with Gasteiger partial charge in [0.25, 0.3) is 0 Å². The fraction of sp³-hybridized carbons (Fsp3) is 0.625. The smallest absolute Gasteiger partial charge is 0.119 e. The number of hydrogen-bond acceptors (Lipinski definition) is 2. The predicted octanol–water partition coefficient (Wildman–Crippen LogP) is 0.862. The first-order chi connectivity index (χ1) is 4.88. The molecule has 64 valence electrons. The van der Waals surface area contributed by atoms with Gasteiger partial charge in [0.05, 0.1) is 0 Å². The van der Waals surface area contributed by atoms with E-state index in [1.165, 1.54) is 0 Å². The summed E-state index contributed by atoms with van der Waals surface area (Å²) in [6, 6.07) is 0. The Kier molecular flexibility index (Phi) is 3.11. The average molecular weight is 155 g/mol. The van der Waals surface area contributed by atoms with Crippen LogP contribution in [-0.4, -0.2) is 12.9 Å². The van der Waals surface area contributed by atoms with Crippen LogP contribution in [0, 0.1) is 5.41 Å². The molecule has 0 atom stereocenters. The Hall–Kier alpha value is -0.990. The maximum Gasteiger partial charge on any atom is 0.119 e. The van der Waals surface area contributed by atoms with E-state index in [1.807, 2.05) is 20.8 Å². The SMILES string of the molecule is CN=C(N)C=C(N)C(C)(C)C. The molecule has 0 amide bonds. The molecular weight excluding hydrogens is 138 g/mol. The molecule has 0 bridgehead atoms. The number of nitrogens with two attached hydrogens (primary N) is 2. The van der Waals surface area contributed by atoms with Crippen molar-refractivity contribution in [3.63, 3.8) is 0 Å². The van der Waals surface area contributed by atoms with Gasteiger partial charge >= 0.3 is 0 Å². The zero-order valence-corrected chi connectivity index (χ0v) is 7.68. The van der Waals surface area contributed by atoms with Gasteiger partial charge in [-0.3, -0.25) is 4.99 Å². The summed E-state index contributed by atoms with van der Waals surface area (Å²) in [5, 5.41) is 0. The van der Waals surface area contributed by atoms with Crippen molar-refractivity contribution >= 4 is 5.84 Å².